The first-order valence-corrected chi connectivity index (χ1v) is 11.3. The van der Waals surface area contributed by atoms with Gasteiger partial charge < -0.3 is 15.6 Å². The molecule has 7 nitrogen and oxygen atoms in total. The Labute approximate surface area is 198 Å². The fraction of sp³-hybridized carbons (Fsp3) is 0.0833. The van der Waals surface area contributed by atoms with Crippen LogP contribution in [0.15, 0.2) is 66.0 Å². The molecule has 4 rings (SSSR count). The molecular weight excluding hydrogens is 460 g/mol. The van der Waals surface area contributed by atoms with Crippen LogP contribution < -0.4 is 10.6 Å². The molecule has 0 aliphatic carbocycles. The van der Waals surface area contributed by atoms with Gasteiger partial charge in [0.05, 0.1) is 11.4 Å². The molecule has 172 valence electrons. The molecule has 4 aromatic rings. The van der Waals surface area contributed by atoms with E-state index in [1.807, 2.05) is 6.26 Å². The van der Waals surface area contributed by atoms with Crippen molar-refractivity contribution in [3.63, 3.8) is 0 Å². The Bertz CT molecular complexity index is 1370. The topological polar surface area (TPSA) is 99.8 Å². The predicted octanol–water partition coefficient (Wildman–Crippen LogP) is 5.35. The first-order valence-electron chi connectivity index (χ1n) is 10.1. The maximum Gasteiger partial charge on any atom is 0.261 e. The molecule has 2 amide bonds. The Balaban J connectivity index is 1.70. The summed E-state index contributed by atoms with van der Waals surface area (Å²) in [5, 5.41) is 5.85. The van der Waals surface area contributed by atoms with E-state index in [9.17, 15) is 18.4 Å². The molecule has 0 atom stereocenters. The van der Waals surface area contributed by atoms with Crippen molar-refractivity contribution in [3.8, 4) is 22.5 Å². The number of benzene rings is 2. The lowest BCUT2D eigenvalue weighted by molar-refractivity contribution is -0.114. The third kappa shape index (κ3) is 4.96. The van der Waals surface area contributed by atoms with Gasteiger partial charge in [0.1, 0.15) is 23.0 Å². The van der Waals surface area contributed by atoms with E-state index in [0.717, 1.165) is 17.7 Å². The zero-order chi connectivity index (χ0) is 24.2. The van der Waals surface area contributed by atoms with E-state index in [4.69, 9.17) is 0 Å². The van der Waals surface area contributed by atoms with Crippen molar-refractivity contribution in [1.82, 2.24) is 15.0 Å². The summed E-state index contributed by atoms with van der Waals surface area (Å²) in [5.41, 5.74) is 2.37. The van der Waals surface area contributed by atoms with E-state index in [1.54, 1.807) is 42.6 Å². The first kappa shape index (κ1) is 23.1. The van der Waals surface area contributed by atoms with Gasteiger partial charge in [-0.25, -0.2) is 18.7 Å². The van der Waals surface area contributed by atoms with Gasteiger partial charge in [-0.3, -0.25) is 9.59 Å². The number of rotatable bonds is 6. The molecule has 0 saturated heterocycles. The SMILES string of the molecule is CSc1nc(-c2cccc(NC(=O)c3c(F)cccc3F)c2)c(-c2ccnc(NC(C)=O)c2)[nH]1. The highest BCUT2D eigenvalue weighted by atomic mass is 32.2. The maximum atomic E-state index is 14.0. The smallest absolute Gasteiger partial charge is 0.261 e. The largest absolute Gasteiger partial charge is 0.332 e. The van der Waals surface area contributed by atoms with Crippen LogP contribution >= 0.6 is 11.8 Å². The van der Waals surface area contributed by atoms with Crippen molar-refractivity contribution in [2.75, 3.05) is 16.9 Å². The summed E-state index contributed by atoms with van der Waals surface area (Å²) in [6, 6.07) is 13.5. The number of anilines is 2. The van der Waals surface area contributed by atoms with Gasteiger partial charge in [-0.05, 0) is 42.7 Å². The Kier molecular flexibility index (Phi) is 6.69. The van der Waals surface area contributed by atoms with Gasteiger partial charge in [-0.1, -0.05) is 30.0 Å². The van der Waals surface area contributed by atoms with Crippen molar-refractivity contribution in [1.29, 1.82) is 0 Å². The van der Waals surface area contributed by atoms with E-state index in [1.165, 1.54) is 24.8 Å². The summed E-state index contributed by atoms with van der Waals surface area (Å²) >= 11 is 1.42. The molecule has 0 aliphatic heterocycles. The van der Waals surface area contributed by atoms with Gasteiger partial charge >= 0.3 is 0 Å². The predicted molar refractivity (Wildman–Crippen MR) is 128 cm³/mol. The van der Waals surface area contributed by atoms with Crippen molar-refractivity contribution in [2.24, 2.45) is 0 Å². The molecule has 2 heterocycles. The van der Waals surface area contributed by atoms with Crippen molar-refractivity contribution < 1.29 is 18.4 Å². The number of nitrogens with one attached hydrogen (secondary N) is 3. The normalized spacial score (nSPS) is 10.7. The van der Waals surface area contributed by atoms with Gasteiger partial charge in [0.25, 0.3) is 5.91 Å². The number of pyridine rings is 1. The second-order valence-electron chi connectivity index (χ2n) is 7.21. The van der Waals surface area contributed by atoms with Gasteiger partial charge in [-0.2, -0.15) is 0 Å². The third-order valence-electron chi connectivity index (χ3n) is 4.81. The van der Waals surface area contributed by atoms with E-state index in [2.05, 4.69) is 25.6 Å². The van der Waals surface area contributed by atoms with Crippen LogP contribution in [0.2, 0.25) is 0 Å². The standard InChI is InChI=1S/C24H19F2N5O2S/c1-13(32)28-19-12-15(9-10-27-19)22-21(30-24(31-22)34-2)14-5-3-6-16(11-14)29-23(33)20-17(25)7-4-8-18(20)26/h3-12H,1-2H3,(H,29,33)(H,30,31)(H,27,28,32). The highest BCUT2D eigenvalue weighted by Gasteiger charge is 2.19. The number of aromatic amines is 1. The minimum atomic E-state index is -0.944. The second kappa shape index (κ2) is 9.84. The molecule has 0 aliphatic rings. The number of hydrogen-bond acceptors (Lipinski definition) is 5. The average Bonchev–Trinajstić information content (AvgIpc) is 3.24. The summed E-state index contributed by atoms with van der Waals surface area (Å²) < 4.78 is 28.0. The summed E-state index contributed by atoms with van der Waals surface area (Å²) in [6.45, 7) is 1.40. The van der Waals surface area contributed by atoms with Gasteiger partial charge in [0.15, 0.2) is 5.16 Å². The van der Waals surface area contributed by atoms with Crippen LogP contribution in [0.5, 0.6) is 0 Å². The second-order valence-corrected chi connectivity index (χ2v) is 8.01. The Morgan fingerprint density at radius 3 is 2.41 bits per heavy atom. The number of halogens is 2. The number of carbonyl (C=O) groups excluding carboxylic acids is 2. The quantitative estimate of drug-likeness (QED) is 0.324. The van der Waals surface area contributed by atoms with Crippen molar-refractivity contribution >= 4 is 35.1 Å². The number of aromatic nitrogens is 3. The van der Waals surface area contributed by atoms with Gasteiger partial charge in [0.2, 0.25) is 5.91 Å². The zero-order valence-electron chi connectivity index (χ0n) is 18.1. The number of imidazole rings is 1. The fourth-order valence-corrected chi connectivity index (χ4v) is 3.74. The van der Waals surface area contributed by atoms with Gasteiger partial charge in [-0.15, -0.1) is 0 Å². The first-order chi connectivity index (χ1) is 16.4. The third-order valence-corrected chi connectivity index (χ3v) is 5.39. The summed E-state index contributed by atoms with van der Waals surface area (Å²) in [4.78, 5) is 36.0. The maximum absolute atomic E-state index is 14.0. The van der Waals surface area contributed by atoms with Crippen LogP contribution in [0.3, 0.4) is 0 Å². The Morgan fingerprint density at radius 2 is 1.71 bits per heavy atom. The highest BCUT2D eigenvalue weighted by Crippen LogP contribution is 2.34. The van der Waals surface area contributed by atoms with Crippen LogP contribution in [0.4, 0.5) is 20.3 Å². The van der Waals surface area contributed by atoms with Crippen LogP contribution in [-0.4, -0.2) is 33.0 Å². The average molecular weight is 480 g/mol. The number of H-pyrrole nitrogens is 1. The lowest BCUT2D eigenvalue weighted by Gasteiger charge is -2.09. The molecule has 34 heavy (non-hydrogen) atoms. The van der Waals surface area contributed by atoms with Crippen molar-refractivity contribution in [3.05, 3.63) is 78.0 Å². The molecule has 3 N–H and O–H groups in total. The lowest BCUT2D eigenvalue weighted by Crippen LogP contribution is -2.15. The van der Waals surface area contributed by atoms with Gasteiger partial charge in [0, 0.05) is 29.9 Å². The summed E-state index contributed by atoms with van der Waals surface area (Å²) in [5.74, 6) is -2.63. The minimum absolute atomic E-state index is 0.242. The molecule has 10 heteroatoms. The molecule has 0 spiro atoms. The van der Waals surface area contributed by atoms with Crippen LogP contribution in [0, 0.1) is 11.6 Å². The molecule has 2 aromatic carbocycles. The van der Waals surface area contributed by atoms with Crippen LogP contribution in [-0.2, 0) is 4.79 Å². The Morgan fingerprint density at radius 1 is 0.971 bits per heavy atom. The molecule has 0 bridgehead atoms. The van der Waals surface area contributed by atoms with E-state index >= 15 is 0 Å². The number of nitrogens with zero attached hydrogens (tertiary/aromatic N) is 2. The fourth-order valence-electron chi connectivity index (χ4n) is 3.35. The molecule has 0 unspecified atom stereocenters. The number of carbonyl (C=O) groups is 2. The molecular formula is C24H19F2N5O2S. The number of thioether (sulfide) groups is 1. The number of hydrogen-bond donors (Lipinski definition) is 3. The Hall–Kier alpha value is -4.05. The molecule has 0 saturated carbocycles. The summed E-state index contributed by atoms with van der Waals surface area (Å²) in [6.07, 6.45) is 3.45. The monoisotopic (exact) mass is 479 g/mol. The molecule has 0 fully saturated rings. The van der Waals surface area contributed by atoms with Crippen LogP contribution in [0.25, 0.3) is 22.5 Å². The van der Waals surface area contributed by atoms with E-state index in [-0.39, 0.29) is 5.91 Å². The zero-order valence-corrected chi connectivity index (χ0v) is 19.0. The van der Waals surface area contributed by atoms with E-state index in [0.29, 0.717) is 33.6 Å². The lowest BCUT2D eigenvalue weighted by atomic mass is 10.0. The van der Waals surface area contributed by atoms with Crippen molar-refractivity contribution in [2.45, 2.75) is 12.1 Å². The molecule has 0 radical (unpaired) electrons. The van der Waals surface area contributed by atoms with E-state index < -0.39 is 23.1 Å². The highest BCUT2D eigenvalue weighted by molar-refractivity contribution is 7.98. The summed E-state index contributed by atoms with van der Waals surface area (Å²) in [7, 11) is 0. The number of amides is 2. The van der Waals surface area contributed by atoms with Crippen LogP contribution in [0.1, 0.15) is 17.3 Å². The minimum Gasteiger partial charge on any atom is -0.332 e. The molecule has 2 aromatic heterocycles.